The number of H-pyrrole nitrogens is 1. The molecule has 0 aliphatic carbocycles. The molecule has 4 rings (SSSR count). The molecule has 0 unspecified atom stereocenters. The summed E-state index contributed by atoms with van der Waals surface area (Å²) in [5.74, 6) is 2.93. The van der Waals surface area contributed by atoms with Crippen molar-refractivity contribution >= 4 is 12.6 Å². The molecule has 4 aromatic rings. The predicted octanol–water partition coefficient (Wildman–Crippen LogP) is 3.17. The summed E-state index contributed by atoms with van der Waals surface area (Å²) in [6.45, 7) is 2.87. The van der Waals surface area contributed by atoms with Crippen molar-refractivity contribution in [1.29, 1.82) is 0 Å². The molecule has 2 heterocycles. The van der Waals surface area contributed by atoms with Crippen LogP contribution in [0.1, 0.15) is 24.1 Å². The van der Waals surface area contributed by atoms with E-state index in [1.165, 1.54) is 5.56 Å². The first-order valence-electron chi connectivity index (χ1n) is 8.74. The van der Waals surface area contributed by atoms with Crippen LogP contribution in [0.4, 0.5) is 0 Å². The summed E-state index contributed by atoms with van der Waals surface area (Å²) in [5.41, 5.74) is 4.35. The predicted molar refractivity (Wildman–Crippen MR) is 106 cm³/mol. The first-order valence-corrected chi connectivity index (χ1v) is 9.37. The minimum atomic E-state index is 0.548. The molecule has 0 atom stereocenters. The topological polar surface area (TPSA) is 85.2 Å². The normalized spacial score (nSPS) is 11.0. The maximum absolute atomic E-state index is 4.57. The van der Waals surface area contributed by atoms with Gasteiger partial charge in [0, 0.05) is 18.5 Å². The third-order valence-corrected chi connectivity index (χ3v) is 4.67. The van der Waals surface area contributed by atoms with E-state index in [1.807, 2.05) is 22.9 Å². The molecule has 7 nitrogen and oxygen atoms in total. The molecule has 1 N–H and O–H groups in total. The Morgan fingerprint density at radius 1 is 1.04 bits per heavy atom. The number of rotatable bonds is 6. The highest BCUT2D eigenvalue weighted by Crippen LogP contribution is 2.29. The molecule has 0 amide bonds. The second-order valence-corrected chi connectivity index (χ2v) is 6.40. The van der Waals surface area contributed by atoms with Crippen LogP contribution in [-0.4, -0.2) is 35.4 Å². The molecule has 8 heteroatoms. The van der Waals surface area contributed by atoms with Gasteiger partial charge < -0.3 is 0 Å². The lowest BCUT2D eigenvalue weighted by Crippen LogP contribution is -2.04. The van der Waals surface area contributed by atoms with Gasteiger partial charge >= 0.3 is 0 Å². The van der Waals surface area contributed by atoms with Gasteiger partial charge in [-0.15, -0.1) is 5.10 Å². The SMILES string of the molecule is CCn1nc(CS)nc1Cc1ccc(-c2ccccc2-c2nnn[nH]2)cc1. The van der Waals surface area contributed by atoms with E-state index in [0.29, 0.717) is 11.6 Å². The molecule has 27 heavy (non-hydrogen) atoms. The Morgan fingerprint density at radius 2 is 1.81 bits per heavy atom. The molecule has 0 aliphatic heterocycles. The molecule has 0 bridgehead atoms. The van der Waals surface area contributed by atoms with Gasteiger partial charge in [0.25, 0.3) is 0 Å². The average Bonchev–Trinajstić information content (AvgIpc) is 3.38. The smallest absolute Gasteiger partial charge is 0.180 e. The fourth-order valence-corrected chi connectivity index (χ4v) is 3.21. The quantitative estimate of drug-likeness (QED) is 0.504. The molecule has 0 radical (unpaired) electrons. The Balaban J connectivity index is 1.61. The summed E-state index contributed by atoms with van der Waals surface area (Å²) in [6.07, 6.45) is 0.739. The van der Waals surface area contributed by atoms with E-state index >= 15 is 0 Å². The first kappa shape index (κ1) is 17.4. The van der Waals surface area contributed by atoms with Crippen LogP contribution in [-0.2, 0) is 18.7 Å². The van der Waals surface area contributed by atoms with E-state index in [4.69, 9.17) is 0 Å². The van der Waals surface area contributed by atoms with Crippen LogP contribution in [0, 0.1) is 0 Å². The summed E-state index contributed by atoms with van der Waals surface area (Å²) in [6, 6.07) is 16.5. The lowest BCUT2D eigenvalue weighted by molar-refractivity contribution is 0.621. The average molecular weight is 377 g/mol. The molecular formula is C19H19N7S. The fraction of sp³-hybridized carbons (Fsp3) is 0.211. The van der Waals surface area contributed by atoms with Crippen molar-refractivity contribution in [2.24, 2.45) is 0 Å². The van der Waals surface area contributed by atoms with Crippen LogP contribution in [0.2, 0.25) is 0 Å². The van der Waals surface area contributed by atoms with E-state index < -0.39 is 0 Å². The molecule has 0 saturated carbocycles. The third-order valence-electron chi connectivity index (χ3n) is 4.39. The van der Waals surface area contributed by atoms with Gasteiger partial charge in [0.1, 0.15) is 5.82 Å². The van der Waals surface area contributed by atoms with Crippen molar-refractivity contribution in [2.75, 3.05) is 0 Å². The second-order valence-electron chi connectivity index (χ2n) is 6.09. The summed E-state index contributed by atoms with van der Waals surface area (Å²) in [7, 11) is 0. The standard InChI is InChI=1S/C19H19N7S/c1-2-26-18(20-17(12-27)23-26)11-13-7-9-14(10-8-13)15-5-3-4-6-16(15)19-21-24-25-22-19/h3-10,27H,2,11-12H2,1H3,(H,21,22,24,25). The Bertz CT molecular complexity index is 1020. The number of thiol groups is 1. The van der Waals surface area contributed by atoms with Gasteiger partial charge in [-0.2, -0.15) is 17.7 Å². The summed E-state index contributed by atoms with van der Waals surface area (Å²) >= 11 is 4.27. The molecule has 136 valence electrons. The van der Waals surface area contributed by atoms with Gasteiger partial charge in [0.15, 0.2) is 11.6 Å². The maximum Gasteiger partial charge on any atom is 0.180 e. The van der Waals surface area contributed by atoms with E-state index in [1.54, 1.807) is 0 Å². The number of aromatic amines is 1. The van der Waals surface area contributed by atoms with Crippen LogP contribution in [0.25, 0.3) is 22.5 Å². The van der Waals surface area contributed by atoms with Crippen molar-refractivity contribution in [2.45, 2.75) is 25.6 Å². The van der Waals surface area contributed by atoms with Gasteiger partial charge in [-0.1, -0.05) is 48.5 Å². The number of hydrogen-bond acceptors (Lipinski definition) is 6. The summed E-state index contributed by atoms with van der Waals surface area (Å²) in [5, 5.41) is 18.7. The second kappa shape index (κ2) is 7.71. The maximum atomic E-state index is 4.57. The highest BCUT2D eigenvalue weighted by Gasteiger charge is 2.11. The van der Waals surface area contributed by atoms with Gasteiger partial charge in [-0.25, -0.2) is 14.8 Å². The molecule has 2 aromatic carbocycles. The lowest BCUT2D eigenvalue weighted by atomic mass is 9.98. The van der Waals surface area contributed by atoms with Crippen molar-refractivity contribution in [3.63, 3.8) is 0 Å². The van der Waals surface area contributed by atoms with Crippen LogP contribution in [0.5, 0.6) is 0 Å². The Morgan fingerprint density at radius 3 is 2.48 bits per heavy atom. The minimum Gasteiger partial charge on any atom is -0.250 e. The highest BCUT2D eigenvalue weighted by molar-refractivity contribution is 7.79. The van der Waals surface area contributed by atoms with Crippen molar-refractivity contribution in [3.8, 4) is 22.5 Å². The van der Waals surface area contributed by atoms with Crippen molar-refractivity contribution in [3.05, 3.63) is 65.7 Å². The molecule has 2 aromatic heterocycles. The minimum absolute atomic E-state index is 0.548. The van der Waals surface area contributed by atoms with Crippen LogP contribution in [0.15, 0.2) is 48.5 Å². The zero-order valence-corrected chi connectivity index (χ0v) is 15.8. The van der Waals surface area contributed by atoms with Crippen LogP contribution < -0.4 is 0 Å². The van der Waals surface area contributed by atoms with Gasteiger partial charge in [-0.3, -0.25) is 0 Å². The highest BCUT2D eigenvalue weighted by atomic mass is 32.1. The van der Waals surface area contributed by atoms with E-state index in [2.05, 4.69) is 80.6 Å². The van der Waals surface area contributed by atoms with Gasteiger partial charge in [-0.05, 0) is 34.0 Å². The first-order chi connectivity index (χ1) is 13.3. The number of aromatic nitrogens is 7. The Hall–Kier alpha value is -3.00. The molecular weight excluding hydrogens is 358 g/mol. The largest absolute Gasteiger partial charge is 0.250 e. The summed E-state index contributed by atoms with van der Waals surface area (Å²) in [4.78, 5) is 4.57. The lowest BCUT2D eigenvalue weighted by Gasteiger charge is -2.08. The van der Waals surface area contributed by atoms with Gasteiger partial charge in [0.2, 0.25) is 0 Å². The number of tetrazole rings is 1. The zero-order valence-electron chi connectivity index (χ0n) is 14.9. The van der Waals surface area contributed by atoms with Crippen molar-refractivity contribution < 1.29 is 0 Å². The van der Waals surface area contributed by atoms with Gasteiger partial charge in [0.05, 0.1) is 5.75 Å². The van der Waals surface area contributed by atoms with Crippen molar-refractivity contribution in [1.82, 2.24) is 35.4 Å². The Labute approximate surface area is 162 Å². The zero-order chi connectivity index (χ0) is 18.6. The van der Waals surface area contributed by atoms with E-state index in [-0.39, 0.29) is 0 Å². The molecule has 0 aliphatic rings. The third kappa shape index (κ3) is 3.61. The molecule has 0 saturated heterocycles. The van der Waals surface area contributed by atoms with Crippen LogP contribution in [0.3, 0.4) is 0 Å². The number of nitrogens with zero attached hydrogens (tertiary/aromatic N) is 6. The number of benzene rings is 2. The van der Waals surface area contributed by atoms with E-state index in [9.17, 15) is 0 Å². The Kier molecular flexibility index (Phi) is 4.97. The monoisotopic (exact) mass is 377 g/mol. The number of hydrogen-bond donors (Lipinski definition) is 2. The molecule has 0 fully saturated rings. The fourth-order valence-electron chi connectivity index (χ4n) is 3.08. The van der Waals surface area contributed by atoms with Crippen LogP contribution >= 0.6 is 12.6 Å². The number of aryl methyl sites for hydroxylation is 1. The van der Waals surface area contributed by atoms with E-state index in [0.717, 1.165) is 41.3 Å². The molecule has 0 spiro atoms. The number of nitrogens with one attached hydrogen (secondary N) is 1. The summed E-state index contributed by atoms with van der Waals surface area (Å²) < 4.78 is 1.94.